The molecule has 3 rings (SSSR count). The first-order valence-corrected chi connectivity index (χ1v) is 10.3. The highest BCUT2D eigenvalue weighted by Crippen LogP contribution is 2.28. The van der Waals surface area contributed by atoms with Crippen LogP contribution in [0, 0.1) is 5.82 Å². The Morgan fingerprint density at radius 1 is 0.969 bits per heavy atom. The number of anilines is 1. The Morgan fingerprint density at radius 3 is 2.34 bits per heavy atom. The third-order valence-electron chi connectivity index (χ3n) is 4.31. The SMILES string of the molecule is CCOc1ccc(C(=O)NC(=NCc2ccncc2)Nc2ccc(F)cc2)cc1OCC. The zero-order valence-corrected chi connectivity index (χ0v) is 18.0. The molecule has 0 saturated heterocycles. The molecule has 2 aromatic carbocycles. The van der Waals surface area contributed by atoms with Gasteiger partial charge in [0.1, 0.15) is 5.82 Å². The largest absolute Gasteiger partial charge is 0.490 e. The average Bonchev–Trinajstić information content (AvgIpc) is 2.81. The molecule has 1 aromatic heterocycles. The van der Waals surface area contributed by atoms with E-state index in [0.29, 0.717) is 42.5 Å². The number of aliphatic imine (C=N–C) groups is 1. The lowest BCUT2D eigenvalue weighted by atomic mass is 10.2. The molecular formula is C24H25FN4O3. The Bertz CT molecular complexity index is 1060. The molecule has 0 saturated carbocycles. The van der Waals surface area contributed by atoms with Gasteiger partial charge in [0, 0.05) is 23.6 Å². The molecule has 0 unspecified atom stereocenters. The van der Waals surface area contributed by atoms with Crippen LogP contribution in [0.4, 0.5) is 10.1 Å². The molecule has 0 atom stereocenters. The summed E-state index contributed by atoms with van der Waals surface area (Å²) in [5.41, 5.74) is 1.89. The Morgan fingerprint density at radius 2 is 1.66 bits per heavy atom. The van der Waals surface area contributed by atoms with Gasteiger partial charge < -0.3 is 14.8 Å². The second-order valence-corrected chi connectivity index (χ2v) is 6.63. The van der Waals surface area contributed by atoms with Crippen LogP contribution in [0.15, 0.2) is 72.0 Å². The first kappa shape index (κ1) is 22.7. The lowest BCUT2D eigenvalue weighted by Crippen LogP contribution is -2.36. The van der Waals surface area contributed by atoms with Crippen LogP contribution in [0.25, 0.3) is 0 Å². The predicted molar refractivity (Wildman–Crippen MR) is 122 cm³/mol. The molecule has 3 aromatic rings. The number of nitrogens with zero attached hydrogens (tertiary/aromatic N) is 2. The van der Waals surface area contributed by atoms with Crippen molar-refractivity contribution in [3.63, 3.8) is 0 Å². The van der Waals surface area contributed by atoms with Crippen molar-refractivity contribution < 1.29 is 18.7 Å². The van der Waals surface area contributed by atoms with E-state index in [4.69, 9.17) is 9.47 Å². The van der Waals surface area contributed by atoms with E-state index in [9.17, 15) is 9.18 Å². The fourth-order valence-electron chi connectivity index (χ4n) is 2.81. The van der Waals surface area contributed by atoms with Crippen LogP contribution in [0.1, 0.15) is 29.8 Å². The van der Waals surface area contributed by atoms with Gasteiger partial charge in [-0.1, -0.05) is 0 Å². The molecule has 0 spiro atoms. The minimum absolute atomic E-state index is 0.227. The van der Waals surface area contributed by atoms with Crippen LogP contribution < -0.4 is 20.1 Å². The zero-order chi connectivity index (χ0) is 22.8. The summed E-state index contributed by atoms with van der Waals surface area (Å²) in [5, 5.41) is 5.81. The highest BCUT2D eigenvalue weighted by atomic mass is 19.1. The molecule has 32 heavy (non-hydrogen) atoms. The van der Waals surface area contributed by atoms with E-state index in [1.165, 1.54) is 12.1 Å². The number of carbonyl (C=O) groups excluding carboxylic acids is 1. The normalized spacial score (nSPS) is 11.0. The number of hydrogen-bond acceptors (Lipinski definition) is 5. The lowest BCUT2D eigenvalue weighted by Gasteiger charge is -2.14. The summed E-state index contributed by atoms with van der Waals surface area (Å²) >= 11 is 0. The van der Waals surface area contributed by atoms with Crippen molar-refractivity contribution in [1.29, 1.82) is 0 Å². The number of halogens is 1. The van der Waals surface area contributed by atoms with Crippen molar-refractivity contribution >= 4 is 17.6 Å². The molecule has 0 aliphatic heterocycles. The molecule has 166 valence electrons. The van der Waals surface area contributed by atoms with E-state index >= 15 is 0 Å². The Hall–Kier alpha value is -3.94. The maximum absolute atomic E-state index is 13.3. The number of guanidine groups is 1. The van der Waals surface area contributed by atoms with E-state index < -0.39 is 0 Å². The minimum atomic E-state index is -0.378. The molecule has 0 bridgehead atoms. The maximum atomic E-state index is 13.3. The summed E-state index contributed by atoms with van der Waals surface area (Å²) in [4.78, 5) is 21.4. The smallest absolute Gasteiger partial charge is 0.258 e. The average molecular weight is 436 g/mol. The Balaban J connectivity index is 1.81. The molecule has 0 aliphatic rings. The van der Waals surface area contributed by atoms with Gasteiger partial charge in [0.15, 0.2) is 11.5 Å². The molecule has 1 amide bonds. The van der Waals surface area contributed by atoms with Gasteiger partial charge in [0.2, 0.25) is 5.96 Å². The molecule has 1 heterocycles. The summed E-state index contributed by atoms with van der Waals surface area (Å²) < 4.78 is 24.4. The van der Waals surface area contributed by atoms with Crippen molar-refractivity contribution in [3.05, 3.63) is 83.9 Å². The van der Waals surface area contributed by atoms with Gasteiger partial charge in [0.25, 0.3) is 5.91 Å². The van der Waals surface area contributed by atoms with Gasteiger partial charge in [-0.3, -0.25) is 15.1 Å². The van der Waals surface area contributed by atoms with Crippen LogP contribution in [0.2, 0.25) is 0 Å². The van der Waals surface area contributed by atoms with Gasteiger partial charge >= 0.3 is 0 Å². The van der Waals surface area contributed by atoms with E-state index in [2.05, 4.69) is 20.6 Å². The van der Waals surface area contributed by atoms with E-state index in [0.717, 1.165) is 5.56 Å². The van der Waals surface area contributed by atoms with Crippen LogP contribution >= 0.6 is 0 Å². The third-order valence-corrected chi connectivity index (χ3v) is 4.31. The molecule has 0 fully saturated rings. The van der Waals surface area contributed by atoms with Crippen molar-refractivity contribution in [3.8, 4) is 11.5 Å². The number of ether oxygens (including phenoxy) is 2. The predicted octanol–water partition coefficient (Wildman–Crippen LogP) is 4.42. The number of hydrogen-bond donors (Lipinski definition) is 2. The standard InChI is InChI=1S/C24H25FN4O3/c1-3-31-21-10-5-18(15-22(21)32-4-2)23(30)29-24(27-16-17-11-13-26-14-12-17)28-20-8-6-19(25)7-9-20/h5-15H,3-4,16H2,1-2H3,(H2,27,28,29,30). The van der Waals surface area contributed by atoms with Gasteiger partial charge in [-0.15, -0.1) is 0 Å². The number of aromatic nitrogens is 1. The number of carbonyl (C=O) groups is 1. The van der Waals surface area contributed by atoms with Crippen molar-refractivity contribution in [2.45, 2.75) is 20.4 Å². The molecule has 7 nitrogen and oxygen atoms in total. The topological polar surface area (TPSA) is 84.8 Å². The van der Waals surface area contributed by atoms with E-state index in [1.54, 1.807) is 42.7 Å². The summed E-state index contributed by atoms with van der Waals surface area (Å²) in [6.45, 7) is 4.98. The number of benzene rings is 2. The molecular weight excluding hydrogens is 411 g/mol. The first-order chi connectivity index (χ1) is 15.6. The fraction of sp³-hybridized carbons (Fsp3) is 0.208. The van der Waals surface area contributed by atoms with Crippen LogP contribution in [0.3, 0.4) is 0 Å². The third kappa shape index (κ3) is 6.53. The Kier molecular flexibility index (Phi) is 8.14. The maximum Gasteiger partial charge on any atom is 0.258 e. The van der Waals surface area contributed by atoms with Gasteiger partial charge in [-0.25, -0.2) is 9.38 Å². The number of nitrogens with one attached hydrogen (secondary N) is 2. The first-order valence-electron chi connectivity index (χ1n) is 10.3. The van der Waals surface area contributed by atoms with Crippen molar-refractivity contribution in [1.82, 2.24) is 10.3 Å². The molecule has 8 heteroatoms. The van der Waals surface area contributed by atoms with Gasteiger partial charge in [-0.05, 0) is 74.0 Å². The summed E-state index contributed by atoms with van der Waals surface area (Å²) in [6, 6.07) is 14.4. The van der Waals surface area contributed by atoms with Crippen LogP contribution in [-0.2, 0) is 6.54 Å². The monoisotopic (exact) mass is 436 g/mol. The second kappa shape index (κ2) is 11.5. The van der Waals surface area contributed by atoms with E-state index in [1.807, 2.05) is 26.0 Å². The van der Waals surface area contributed by atoms with Gasteiger partial charge in [-0.2, -0.15) is 0 Å². The molecule has 0 aliphatic carbocycles. The van der Waals surface area contributed by atoms with Gasteiger partial charge in [0.05, 0.1) is 19.8 Å². The number of rotatable bonds is 8. The van der Waals surface area contributed by atoms with Crippen LogP contribution in [-0.4, -0.2) is 30.1 Å². The highest BCUT2D eigenvalue weighted by molar-refractivity contribution is 6.10. The van der Waals surface area contributed by atoms with Crippen molar-refractivity contribution in [2.24, 2.45) is 4.99 Å². The zero-order valence-electron chi connectivity index (χ0n) is 18.0. The number of pyridine rings is 1. The number of amides is 1. The molecule has 2 N–H and O–H groups in total. The van der Waals surface area contributed by atoms with Crippen molar-refractivity contribution in [2.75, 3.05) is 18.5 Å². The minimum Gasteiger partial charge on any atom is -0.490 e. The lowest BCUT2D eigenvalue weighted by molar-refractivity contribution is 0.0976. The second-order valence-electron chi connectivity index (χ2n) is 6.63. The molecule has 0 radical (unpaired) electrons. The van der Waals surface area contributed by atoms with E-state index in [-0.39, 0.29) is 17.7 Å². The summed E-state index contributed by atoms with van der Waals surface area (Å²) in [5.74, 6) is 0.556. The quantitative estimate of drug-likeness (QED) is 0.403. The summed E-state index contributed by atoms with van der Waals surface area (Å²) in [6.07, 6.45) is 3.34. The fourth-order valence-corrected chi connectivity index (χ4v) is 2.81. The summed E-state index contributed by atoms with van der Waals surface area (Å²) in [7, 11) is 0. The van der Waals surface area contributed by atoms with Crippen LogP contribution in [0.5, 0.6) is 11.5 Å². The Labute approximate surface area is 186 Å². The highest BCUT2D eigenvalue weighted by Gasteiger charge is 2.14.